The van der Waals surface area contributed by atoms with Gasteiger partial charge in [-0.3, -0.25) is 4.79 Å². The molecular formula is C25H22N4O. The maximum absolute atomic E-state index is 13.0. The van der Waals surface area contributed by atoms with Crippen LogP contribution in [0.3, 0.4) is 0 Å². The van der Waals surface area contributed by atoms with Crippen molar-refractivity contribution in [3.63, 3.8) is 0 Å². The van der Waals surface area contributed by atoms with Crippen molar-refractivity contribution in [2.45, 2.75) is 19.0 Å². The largest absolute Gasteiger partial charge is 0.344 e. The maximum atomic E-state index is 13.0. The SMILES string of the molecule is O=C(Cn1ccc2ccccc21)NC(Cc1ccccc1)c1nc2ccccc2[nH]1. The Kier molecular flexibility index (Phi) is 4.77. The van der Waals surface area contributed by atoms with Crippen molar-refractivity contribution in [2.75, 3.05) is 0 Å². The number of carbonyl (C=O) groups is 1. The van der Waals surface area contributed by atoms with Crippen LogP contribution in [0.4, 0.5) is 0 Å². The number of para-hydroxylation sites is 3. The van der Waals surface area contributed by atoms with Crippen LogP contribution < -0.4 is 5.32 Å². The van der Waals surface area contributed by atoms with Gasteiger partial charge in [-0.2, -0.15) is 0 Å². The van der Waals surface area contributed by atoms with Gasteiger partial charge in [-0.05, 0) is 41.6 Å². The van der Waals surface area contributed by atoms with E-state index in [1.165, 1.54) is 0 Å². The molecule has 0 saturated heterocycles. The molecule has 0 spiro atoms. The number of hydrogen-bond donors (Lipinski definition) is 2. The first-order valence-corrected chi connectivity index (χ1v) is 10.1. The fraction of sp³-hybridized carbons (Fsp3) is 0.120. The van der Waals surface area contributed by atoms with E-state index in [2.05, 4.69) is 28.5 Å². The number of aromatic nitrogens is 3. The van der Waals surface area contributed by atoms with E-state index in [1.54, 1.807) is 0 Å². The number of benzene rings is 3. The molecule has 5 heteroatoms. The average Bonchev–Trinajstić information content (AvgIpc) is 3.38. The monoisotopic (exact) mass is 394 g/mol. The quantitative estimate of drug-likeness (QED) is 0.441. The number of rotatable bonds is 6. The molecule has 0 radical (unpaired) electrons. The number of H-pyrrole nitrogens is 1. The Balaban J connectivity index is 1.41. The normalized spacial score (nSPS) is 12.3. The summed E-state index contributed by atoms with van der Waals surface area (Å²) in [5.74, 6) is 0.725. The highest BCUT2D eigenvalue weighted by atomic mass is 16.2. The first kappa shape index (κ1) is 18.2. The van der Waals surface area contributed by atoms with Gasteiger partial charge in [0, 0.05) is 11.7 Å². The predicted molar refractivity (Wildman–Crippen MR) is 119 cm³/mol. The molecule has 0 fully saturated rings. The summed E-state index contributed by atoms with van der Waals surface area (Å²) < 4.78 is 1.98. The predicted octanol–water partition coefficient (Wildman–Crippen LogP) is 4.62. The third-order valence-corrected chi connectivity index (χ3v) is 5.35. The summed E-state index contributed by atoms with van der Waals surface area (Å²) >= 11 is 0. The van der Waals surface area contributed by atoms with Gasteiger partial charge in [-0.1, -0.05) is 60.7 Å². The van der Waals surface area contributed by atoms with E-state index in [0.717, 1.165) is 33.3 Å². The molecule has 0 aliphatic rings. The van der Waals surface area contributed by atoms with Crippen LogP contribution in [0.25, 0.3) is 21.9 Å². The number of fused-ring (bicyclic) bond motifs is 2. The van der Waals surface area contributed by atoms with Crippen molar-refractivity contribution in [3.05, 3.63) is 103 Å². The molecule has 2 N–H and O–H groups in total. The van der Waals surface area contributed by atoms with Crippen molar-refractivity contribution >= 4 is 27.8 Å². The summed E-state index contributed by atoms with van der Waals surface area (Å²) in [4.78, 5) is 21.1. The van der Waals surface area contributed by atoms with E-state index < -0.39 is 0 Å². The summed E-state index contributed by atoms with van der Waals surface area (Å²) in [6, 6.07) is 27.9. The topological polar surface area (TPSA) is 62.7 Å². The van der Waals surface area contributed by atoms with Gasteiger partial charge in [-0.25, -0.2) is 4.98 Å². The molecule has 5 aromatic rings. The molecule has 3 aromatic carbocycles. The first-order chi connectivity index (χ1) is 14.8. The molecule has 30 heavy (non-hydrogen) atoms. The van der Waals surface area contributed by atoms with Gasteiger partial charge in [0.25, 0.3) is 0 Å². The van der Waals surface area contributed by atoms with Gasteiger partial charge in [0.15, 0.2) is 0 Å². The number of nitrogens with zero attached hydrogens (tertiary/aromatic N) is 2. The van der Waals surface area contributed by atoms with Gasteiger partial charge < -0.3 is 14.9 Å². The standard InChI is InChI=1S/C25H22N4O/c30-24(17-29-15-14-19-10-4-7-13-23(19)29)26-22(16-18-8-2-1-3-9-18)25-27-20-11-5-6-12-21(20)28-25/h1-15,22H,16-17H2,(H,26,30)(H,27,28). The number of aromatic amines is 1. The smallest absolute Gasteiger partial charge is 0.240 e. The molecule has 0 aliphatic heterocycles. The molecule has 1 amide bonds. The fourth-order valence-corrected chi connectivity index (χ4v) is 3.88. The highest BCUT2D eigenvalue weighted by Crippen LogP contribution is 2.20. The van der Waals surface area contributed by atoms with Crippen LogP contribution >= 0.6 is 0 Å². The minimum Gasteiger partial charge on any atom is -0.344 e. The Morgan fingerprint density at radius 2 is 1.70 bits per heavy atom. The lowest BCUT2D eigenvalue weighted by Crippen LogP contribution is -2.33. The maximum Gasteiger partial charge on any atom is 0.240 e. The lowest BCUT2D eigenvalue weighted by molar-refractivity contribution is -0.122. The van der Waals surface area contributed by atoms with Crippen LogP contribution in [-0.4, -0.2) is 20.4 Å². The zero-order chi connectivity index (χ0) is 20.3. The Labute approximate surface area is 174 Å². The number of amides is 1. The second-order valence-corrected chi connectivity index (χ2v) is 7.45. The molecule has 0 saturated carbocycles. The van der Waals surface area contributed by atoms with Crippen LogP contribution in [0.1, 0.15) is 17.4 Å². The van der Waals surface area contributed by atoms with Crippen molar-refractivity contribution in [1.82, 2.24) is 19.9 Å². The highest BCUT2D eigenvalue weighted by molar-refractivity contribution is 5.83. The zero-order valence-corrected chi connectivity index (χ0v) is 16.5. The molecule has 2 heterocycles. The average molecular weight is 394 g/mol. The minimum absolute atomic E-state index is 0.0438. The number of imidazole rings is 1. The Hall–Kier alpha value is -3.86. The van der Waals surface area contributed by atoms with Crippen molar-refractivity contribution in [3.8, 4) is 0 Å². The minimum atomic E-state index is -0.242. The van der Waals surface area contributed by atoms with Crippen molar-refractivity contribution in [2.24, 2.45) is 0 Å². The molecule has 1 unspecified atom stereocenters. The molecule has 1 atom stereocenters. The Morgan fingerprint density at radius 3 is 2.57 bits per heavy atom. The zero-order valence-electron chi connectivity index (χ0n) is 16.5. The van der Waals surface area contributed by atoms with E-state index >= 15 is 0 Å². The van der Waals surface area contributed by atoms with Crippen LogP contribution in [0.2, 0.25) is 0 Å². The second kappa shape index (κ2) is 7.87. The Bertz CT molecular complexity index is 1270. The van der Waals surface area contributed by atoms with Crippen LogP contribution in [0.15, 0.2) is 91.1 Å². The lowest BCUT2D eigenvalue weighted by atomic mass is 10.1. The Morgan fingerprint density at radius 1 is 0.933 bits per heavy atom. The van der Waals surface area contributed by atoms with Crippen LogP contribution in [0.5, 0.6) is 0 Å². The second-order valence-electron chi connectivity index (χ2n) is 7.45. The molecular weight excluding hydrogens is 372 g/mol. The van der Waals surface area contributed by atoms with E-state index in [1.807, 2.05) is 77.5 Å². The molecule has 5 rings (SSSR count). The first-order valence-electron chi connectivity index (χ1n) is 10.1. The summed E-state index contributed by atoms with van der Waals surface area (Å²) in [5, 5.41) is 4.32. The molecule has 5 nitrogen and oxygen atoms in total. The number of hydrogen-bond acceptors (Lipinski definition) is 2. The molecule has 0 aliphatic carbocycles. The lowest BCUT2D eigenvalue weighted by Gasteiger charge is -2.17. The highest BCUT2D eigenvalue weighted by Gasteiger charge is 2.19. The van der Waals surface area contributed by atoms with E-state index in [4.69, 9.17) is 4.98 Å². The van der Waals surface area contributed by atoms with Gasteiger partial charge in [-0.15, -0.1) is 0 Å². The molecule has 0 bridgehead atoms. The van der Waals surface area contributed by atoms with Crippen molar-refractivity contribution in [1.29, 1.82) is 0 Å². The molecule has 148 valence electrons. The van der Waals surface area contributed by atoms with E-state index in [-0.39, 0.29) is 18.5 Å². The van der Waals surface area contributed by atoms with Gasteiger partial charge in [0.1, 0.15) is 12.4 Å². The summed E-state index contributed by atoms with van der Waals surface area (Å²) in [7, 11) is 0. The van der Waals surface area contributed by atoms with Gasteiger partial charge in [0.2, 0.25) is 5.91 Å². The number of carbonyl (C=O) groups excluding carboxylic acids is 1. The van der Waals surface area contributed by atoms with Crippen LogP contribution in [-0.2, 0) is 17.8 Å². The molecule has 2 aromatic heterocycles. The van der Waals surface area contributed by atoms with Crippen LogP contribution in [0, 0.1) is 0 Å². The van der Waals surface area contributed by atoms with Crippen molar-refractivity contribution < 1.29 is 4.79 Å². The summed E-state index contributed by atoms with van der Waals surface area (Å²) in [6.07, 6.45) is 2.62. The third kappa shape index (κ3) is 3.70. The van der Waals surface area contributed by atoms with E-state index in [9.17, 15) is 4.79 Å². The third-order valence-electron chi connectivity index (χ3n) is 5.35. The fourth-order valence-electron chi connectivity index (χ4n) is 3.88. The summed E-state index contributed by atoms with van der Waals surface area (Å²) in [6.45, 7) is 0.263. The van der Waals surface area contributed by atoms with Gasteiger partial charge in [0.05, 0.1) is 17.1 Å². The van der Waals surface area contributed by atoms with Gasteiger partial charge >= 0.3 is 0 Å². The number of nitrogens with one attached hydrogen (secondary N) is 2. The summed E-state index contributed by atoms with van der Waals surface area (Å²) in [5.41, 5.74) is 4.07. The van der Waals surface area contributed by atoms with E-state index in [0.29, 0.717) is 6.42 Å².